The van der Waals surface area contributed by atoms with Crippen LogP contribution in [-0.2, 0) is 0 Å². The molecule has 1 aromatic carbocycles. The zero-order valence-electron chi connectivity index (χ0n) is 21.2. The molecule has 206 valence electrons. The van der Waals surface area contributed by atoms with Crippen LogP contribution in [0.25, 0.3) is 11.2 Å². The number of carboxylic acid groups (broad SMARTS) is 1. The van der Waals surface area contributed by atoms with Crippen molar-refractivity contribution in [1.29, 1.82) is 0 Å². The summed E-state index contributed by atoms with van der Waals surface area (Å²) < 4.78 is 30.8. The number of fused-ring (bicyclic) bond motifs is 2. The van der Waals surface area contributed by atoms with E-state index in [1.54, 1.807) is 41.2 Å². The average Bonchev–Trinajstić information content (AvgIpc) is 3.20. The molecule has 4 aromatic rings. The quantitative estimate of drug-likeness (QED) is 0.194. The van der Waals surface area contributed by atoms with Gasteiger partial charge >= 0.3 is 11.8 Å². The fourth-order valence-corrected chi connectivity index (χ4v) is 6.48. The van der Waals surface area contributed by atoms with Crippen LogP contribution in [0.5, 0.6) is 0 Å². The molecular weight excluding hydrogens is 522 g/mol. The molecule has 1 aliphatic carbocycles. The van der Waals surface area contributed by atoms with Gasteiger partial charge in [0.2, 0.25) is 0 Å². The van der Waals surface area contributed by atoms with Gasteiger partial charge in [0.05, 0.1) is 16.9 Å². The zero-order valence-corrected chi connectivity index (χ0v) is 21.2. The van der Waals surface area contributed by atoms with Crippen LogP contribution in [0.15, 0.2) is 64.8 Å². The fourth-order valence-electron chi connectivity index (χ4n) is 6.48. The lowest BCUT2D eigenvalue weighted by Gasteiger charge is -2.42. The van der Waals surface area contributed by atoms with E-state index in [2.05, 4.69) is 20.1 Å². The lowest BCUT2D eigenvalue weighted by atomic mass is 9.82. The summed E-state index contributed by atoms with van der Waals surface area (Å²) in [5.74, 6) is -3.27. The molecule has 40 heavy (non-hydrogen) atoms. The van der Waals surface area contributed by atoms with Gasteiger partial charge in [-0.1, -0.05) is 17.3 Å². The third kappa shape index (κ3) is 4.19. The van der Waals surface area contributed by atoms with E-state index in [1.165, 1.54) is 17.0 Å². The Morgan fingerprint density at radius 2 is 1.85 bits per heavy atom. The van der Waals surface area contributed by atoms with E-state index >= 15 is 0 Å². The highest BCUT2D eigenvalue weighted by atomic mass is 19.2. The molecule has 3 N–H and O–H groups in total. The van der Waals surface area contributed by atoms with Crippen LogP contribution in [0.1, 0.15) is 60.4 Å². The topological polar surface area (TPSA) is 137 Å². The first-order chi connectivity index (χ1) is 19.4. The summed E-state index contributed by atoms with van der Waals surface area (Å²) in [5, 5.41) is 23.8. The number of imidazole rings is 1. The van der Waals surface area contributed by atoms with Gasteiger partial charge in [0, 0.05) is 54.0 Å². The molecule has 0 radical (unpaired) electrons. The number of H-pyrrole nitrogens is 1. The van der Waals surface area contributed by atoms with E-state index in [-0.39, 0.29) is 36.0 Å². The Balaban J connectivity index is 1.44. The lowest BCUT2D eigenvalue weighted by molar-refractivity contribution is 0.0779. The molecule has 1 amide bonds. The number of carbonyl (C=O) groups is 1. The number of amides is 1. The van der Waals surface area contributed by atoms with Crippen molar-refractivity contribution in [3.05, 3.63) is 93.8 Å². The molecule has 3 aromatic heterocycles. The zero-order chi connectivity index (χ0) is 28.0. The van der Waals surface area contributed by atoms with Crippen LogP contribution in [0, 0.1) is 11.6 Å². The van der Waals surface area contributed by atoms with Crippen molar-refractivity contribution in [3.8, 4) is 0 Å². The van der Waals surface area contributed by atoms with Crippen molar-refractivity contribution in [1.82, 2.24) is 24.4 Å². The van der Waals surface area contributed by atoms with Gasteiger partial charge in [0.25, 0.3) is 0 Å². The summed E-state index contributed by atoms with van der Waals surface area (Å²) >= 11 is 0. The number of benzene rings is 1. The first-order valence-electron chi connectivity index (χ1n) is 13.0. The van der Waals surface area contributed by atoms with Crippen molar-refractivity contribution >= 4 is 23.0 Å². The molecule has 1 saturated heterocycles. The van der Waals surface area contributed by atoms with Crippen LogP contribution < -0.4 is 5.69 Å². The molecule has 6 rings (SSSR count). The Morgan fingerprint density at radius 1 is 1.05 bits per heavy atom. The molecule has 2 unspecified atom stereocenters. The van der Waals surface area contributed by atoms with E-state index in [0.29, 0.717) is 41.7 Å². The van der Waals surface area contributed by atoms with E-state index < -0.39 is 35.6 Å². The van der Waals surface area contributed by atoms with Gasteiger partial charge in [0.1, 0.15) is 0 Å². The first-order valence-corrected chi connectivity index (χ1v) is 13.0. The summed E-state index contributed by atoms with van der Waals surface area (Å²) in [6, 6.07) is 9.87. The third-order valence-corrected chi connectivity index (χ3v) is 8.21. The second kappa shape index (κ2) is 10.2. The van der Waals surface area contributed by atoms with Crippen molar-refractivity contribution in [3.63, 3.8) is 0 Å². The predicted octanol–water partition coefficient (Wildman–Crippen LogP) is 4.62. The Morgan fingerprint density at radius 3 is 2.65 bits per heavy atom. The number of aromatic nitrogens is 4. The van der Waals surface area contributed by atoms with Gasteiger partial charge in [-0.15, -0.1) is 0 Å². The number of nitrogens with one attached hydrogen (secondary N) is 1. The smallest absolute Gasteiger partial charge is 0.407 e. The van der Waals surface area contributed by atoms with Crippen molar-refractivity contribution in [2.75, 3.05) is 6.54 Å². The molecule has 1 fully saturated rings. The number of aromatic amines is 1. The molecule has 0 bridgehead atoms. The molecule has 4 atom stereocenters. The maximum Gasteiger partial charge on any atom is 0.407 e. The number of pyridine rings is 2. The fraction of sp³-hybridized carbons (Fsp3) is 0.321. The van der Waals surface area contributed by atoms with Crippen molar-refractivity contribution in [2.24, 2.45) is 5.16 Å². The van der Waals surface area contributed by atoms with Crippen molar-refractivity contribution in [2.45, 2.75) is 49.6 Å². The number of likely N-dealkylation sites (tertiary alicyclic amines) is 1. The summed E-state index contributed by atoms with van der Waals surface area (Å²) in [4.78, 5) is 38.3. The van der Waals surface area contributed by atoms with E-state index in [0.717, 1.165) is 6.07 Å². The van der Waals surface area contributed by atoms with Gasteiger partial charge in [-0.25, -0.2) is 23.4 Å². The number of rotatable bonds is 3. The van der Waals surface area contributed by atoms with Crippen LogP contribution in [0.2, 0.25) is 0 Å². The second-order valence-electron chi connectivity index (χ2n) is 10.2. The molecular formula is C28H26F2N6O4. The number of hydrogen-bond acceptors (Lipinski definition) is 6. The Kier molecular flexibility index (Phi) is 6.53. The van der Waals surface area contributed by atoms with Crippen molar-refractivity contribution < 1.29 is 23.9 Å². The molecule has 1 aliphatic heterocycles. The largest absolute Gasteiger partial charge is 0.465 e. The Labute approximate surface area is 226 Å². The number of halogens is 2. The molecule has 4 heterocycles. The molecule has 0 saturated carbocycles. The maximum atomic E-state index is 14.9. The van der Waals surface area contributed by atoms with Crippen LogP contribution in [-0.4, -0.2) is 59.1 Å². The minimum atomic E-state index is -1.10. The van der Waals surface area contributed by atoms with Gasteiger partial charge in [-0.3, -0.25) is 14.5 Å². The highest BCUT2D eigenvalue weighted by molar-refractivity contribution is 6.06. The predicted molar refractivity (Wildman–Crippen MR) is 141 cm³/mol. The summed E-state index contributed by atoms with van der Waals surface area (Å²) in [6.07, 6.45) is 3.42. The highest BCUT2D eigenvalue weighted by Gasteiger charge is 2.43. The monoisotopic (exact) mass is 548 g/mol. The molecule has 12 heteroatoms. The maximum absolute atomic E-state index is 14.9. The summed E-state index contributed by atoms with van der Waals surface area (Å²) in [6.45, 7) is 0.186. The SMILES string of the molecule is O=C(O)N1CCC(n2c(=O)[nH]c3ncccc32)CC1[C@H]1CC[C@@H](c2cccc(F)c2F)/C(=N/O)c2cccnc21. The highest BCUT2D eigenvalue weighted by Crippen LogP contribution is 2.44. The number of piperidine rings is 1. The molecule has 0 spiro atoms. The summed E-state index contributed by atoms with van der Waals surface area (Å²) in [5.41, 5.74) is 1.92. The minimum Gasteiger partial charge on any atom is -0.465 e. The second-order valence-corrected chi connectivity index (χ2v) is 10.2. The third-order valence-electron chi connectivity index (χ3n) is 8.21. The minimum absolute atomic E-state index is 0.0534. The lowest BCUT2D eigenvalue weighted by Crippen LogP contribution is -2.49. The van der Waals surface area contributed by atoms with Gasteiger partial charge < -0.3 is 15.2 Å². The first kappa shape index (κ1) is 25.7. The van der Waals surface area contributed by atoms with E-state index in [1.807, 2.05) is 0 Å². The Hall–Kier alpha value is -4.61. The molecule has 2 aliphatic rings. The normalized spacial score (nSPS) is 24.1. The van der Waals surface area contributed by atoms with E-state index in [4.69, 9.17) is 0 Å². The number of oxime groups is 1. The van der Waals surface area contributed by atoms with Crippen LogP contribution in [0.3, 0.4) is 0 Å². The standard InChI is InChI=1S/C28H26F2N6O4/c29-20-6-1-4-16(23(20)30)17-8-9-18(24-19(25(17)34-40)5-2-11-31-24)22-14-15(10-13-35(22)28(38)39)36-21-7-3-12-32-26(21)33-27(36)37/h1-7,11-12,15,17-18,22,40H,8-10,13-14H2,(H,38,39)(H,32,33,37)/b34-25-/t15?,17-,18+,22?/m0/s1. The van der Waals surface area contributed by atoms with Gasteiger partial charge in [-0.2, -0.15) is 0 Å². The van der Waals surface area contributed by atoms with Gasteiger partial charge in [-0.05, 0) is 56.0 Å². The van der Waals surface area contributed by atoms with Gasteiger partial charge in [0.15, 0.2) is 17.3 Å². The summed E-state index contributed by atoms with van der Waals surface area (Å²) in [7, 11) is 0. The van der Waals surface area contributed by atoms with Crippen LogP contribution in [0.4, 0.5) is 13.6 Å². The number of nitrogens with zero attached hydrogens (tertiary/aromatic N) is 5. The van der Waals surface area contributed by atoms with Crippen LogP contribution >= 0.6 is 0 Å². The number of hydrogen-bond donors (Lipinski definition) is 3. The molecule has 10 nitrogen and oxygen atoms in total. The average molecular weight is 549 g/mol. The van der Waals surface area contributed by atoms with E-state index in [9.17, 15) is 28.7 Å². The Bertz CT molecular complexity index is 1680.